The topological polar surface area (TPSA) is 146 Å². The van der Waals surface area contributed by atoms with E-state index in [0.717, 1.165) is 22.5 Å². The highest BCUT2D eigenvalue weighted by atomic mass is 32.2. The number of carbonyl (C=O) groups excluding carboxylic acids is 2. The maximum atomic E-state index is 14.0. The number of carbonyl (C=O) groups is 2. The molecule has 0 radical (unpaired) electrons. The number of hydrogen-bond acceptors (Lipinski definition) is 8. The molecule has 1 aliphatic heterocycles. The second-order valence-electron chi connectivity index (χ2n) is 11.1. The molecule has 2 aromatic carbocycles. The molecule has 4 N–H and O–H groups in total. The number of nitrogens with one attached hydrogen (secondary N) is 3. The zero-order valence-electron chi connectivity index (χ0n) is 24.7. The van der Waals surface area contributed by atoms with Gasteiger partial charge in [-0.15, -0.1) is 8.78 Å². The lowest BCUT2D eigenvalue weighted by Gasteiger charge is -2.40. The molecule has 3 rings (SSSR count). The Morgan fingerprint density at radius 1 is 1.02 bits per heavy atom. The number of aliphatic hydroxyl groups is 1. The van der Waals surface area contributed by atoms with E-state index in [2.05, 4.69) is 25.4 Å². The molecule has 11 nitrogen and oxygen atoms in total. The Morgan fingerprint density at radius 3 is 2.35 bits per heavy atom. The van der Waals surface area contributed by atoms with Crippen molar-refractivity contribution in [3.05, 3.63) is 54.1 Å². The highest BCUT2D eigenvalue weighted by Crippen LogP contribution is 2.43. The molecular formula is C29H40F2N4O7S. The SMILES string of the molecule is CNCC(=O)NCC(C)CC(=O)NCCC(O)(Cc1ccccc1)N(CC(C)C)S(=O)(=O)c1ccc2c(c1)OC(F)(F)O2. The zero-order valence-corrected chi connectivity index (χ0v) is 25.5. The number of likely N-dealkylation sites (N-methyl/N-ethyl adjacent to an activating group) is 1. The van der Waals surface area contributed by atoms with E-state index in [1.165, 1.54) is 0 Å². The molecule has 238 valence electrons. The number of nitrogens with zero attached hydrogens (tertiary/aromatic N) is 1. The van der Waals surface area contributed by atoms with Gasteiger partial charge in [0, 0.05) is 45.0 Å². The molecule has 0 aliphatic carbocycles. The molecule has 2 atom stereocenters. The van der Waals surface area contributed by atoms with Crippen LogP contribution in [0.25, 0.3) is 0 Å². The van der Waals surface area contributed by atoms with E-state index in [1.807, 2.05) is 6.92 Å². The lowest BCUT2D eigenvalue weighted by Crippen LogP contribution is -2.55. The smallest absolute Gasteiger partial charge is 0.395 e. The fraction of sp³-hybridized carbons (Fsp3) is 0.517. The van der Waals surface area contributed by atoms with Crippen molar-refractivity contribution in [2.45, 2.75) is 56.9 Å². The quantitative estimate of drug-likeness (QED) is 0.208. The second kappa shape index (κ2) is 14.4. The lowest BCUT2D eigenvalue weighted by molar-refractivity contribution is -0.286. The van der Waals surface area contributed by atoms with Crippen molar-refractivity contribution in [3.8, 4) is 11.5 Å². The fourth-order valence-corrected chi connectivity index (χ4v) is 6.49. The standard InChI is InChI=1S/C29H40F2N4O7S/c1-20(2)19-35(43(39,40)23-10-11-24-25(15-23)42-29(30,31)41-24)28(38,16-22-8-6-5-7-9-22)12-13-33-26(36)14-21(3)17-34-27(37)18-32-4/h5-11,15,20-21,32,38H,12-14,16-19H2,1-4H3,(H,33,36)(H,34,37). The zero-order chi connectivity index (χ0) is 31.8. The van der Waals surface area contributed by atoms with Gasteiger partial charge in [-0.3, -0.25) is 9.59 Å². The Balaban J connectivity index is 1.83. The molecule has 0 fully saturated rings. The molecule has 0 bridgehead atoms. The van der Waals surface area contributed by atoms with Gasteiger partial charge in [-0.25, -0.2) is 8.42 Å². The largest absolute Gasteiger partial charge is 0.586 e. The molecular weight excluding hydrogens is 586 g/mol. The van der Waals surface area contributed by atoms with Gasteiger partial charge in [0.1, 0.15) is 5.72 Å². The number of fused-ring (bicyclic) bond motifs is 1. The summed E-state index contributed by atoms with van der Waals surface area (Å²) in [5.74, 6) is -1.66. The molecule has 0 saturated carbocycles. The summed E-state index contributed by atoms with van der Waals surface area (Å²) in [5, 5.41) is 20.3. The number of benzene rings is 2. The summed E-state index contributed by atoms with van der Waals surface area (Å²) in [7, 11) is -2.83. The maximum absolute atomic E-state index is 14.0. The van der Waals surface area contributed by atoms with Crippen LogP contribution in [-0.4, -0.2) is 74.9 Å². The van der Waals surface area contributed by atoms with Gasteiger partial charge in [0.15, 0.2) is 11.5 Å². The minimum atomic E-state index is -4.48. The summed E-state index contributed by atoms with van der Waals surface area (Å²) in [6.45, 7) is 5.67. The van der Waals surface area contributed by atoms with Crippen LogP contribution < -0.4 is 25.4 Å². The number of alkyl halides is 2. The van der Waals surface area contributed by atoms with Gasteiger partial charge < -0.3 is 30.5 Å². The Hall–Kier alpha value is -3.33. The van der Waals surface area contributed by atoms with Crippen LogP contribution >= 0.6 is 0 Å². The van der Waals surface area contributed by atoms with E-state index in [-0.39, 0.29) is 73.2 Å². The van der Waals surface area contributed by atoms with E-state index in [0.29, 0.717) is 12.1 Å². The van der Waals surface area contributed by atoms with E-state index < -0.39 is 27.8 Å². The first kappa shape index (κ1) is 34.2. The number of sulfonamides is 1. The first-order valence-electron chi connectivity index (χ1n) is 14.0. The summed E-state index contributed by atoms with van der Waals surface area (Å²) >= 11 is 0. The van der Waals surface area contributed by atoms with Crippen molar-refractivity contribution in [1.82, 2.24) is 20.3 Å². The normalized spacial score (nSPS) is 16.1. The van der Waals surface area contributed by atoms with Gasteiger partial charge >= 0.3 is 6.29 Å². The first-order chi connectivity index (χ1) is 20.1. The molecule has 2 amide bonds. The number of ether oxygens (including phenoxy) is 2. The van der Waals surface area contributed by atoms with Crippen LogP contribution in [0.3, 0.4) is 0 Å². The molecule has 0 spiro atoms. The lowest BCUT2D eigenvalue weighted by atomic mass is 9.98. The Bertz CT molecular complexity index is 1360. The summed E-state index contributed by atoms with van der Waals surface area (Å²) in [5.41, 5.74) is -1.36. The van der Waals surface area contributed by atoms with Crippen LogP contribution in [0, 0.1) is 11.8 Å². The number of amides is 2. The van der Waals surface area contributed by atoms with E-state index in [1.54, 1.807) is 51.2 Å². The van der Waals surface area contributed by atoms with Crippen molar-refractivity contribution in [2.75, 3.05) is 33.2 Å². The highest BCUT2D eigenvalue weighted by Gasteiger charge is 2.46. The van der Waals surface area contributed by atoms with Crippen LogP contribution in [0.2, 0.25) is 0 Å². The van der Waals surface area contributed by atoms with Crippen molar-refractivity contribution >= 4 is 21.8 Å². The molecule has 0 saturated heterocycles. The van der Waals surface area contributed by atoms with E-state index >= 15 is 0 Å². The van der Waals surface area contributed by atoms with Crippen LogP contribution in [0.15, 0.2) is 53.4 Å². The number of rotatable bonds is 16. The minimum Gasteiger partial charge on any atom is -0.395 e. The third-order valence-corrected chi connectivity index (χ3v) is 8.57. The van der Waals surface area contributed by atoms with Crippen molar-refractivity contribution in [2.24, 2.45) is 11.8 Å². The molecule has 43 heavy (non-hydrogen) atoms. The number of halogens is 2. The van der Waals surface area contributed by atoms with Gasteiger partial charge in [-0.05, 0) is 36.6 Å². The summed E-state index contributed by atoms with van der Waals surface area (Å²) in [6.07, 6.45) is -4.10. The average Bonchev–Trinajstić information content (AvgIpc) is 3.24. The Kier molecular flexibility index (Phi) is 11.5. The predicted octanol–water partition coefficient (Wildman–Crippen LogP) is 2.45. The molecule has 1 heterocycles. The minimum absolute atomic E-state index is 0.0571. The van der Waals surface area contributed by atoms with E-state index in [4.69, 9.17) is 0 Å². The summed E-state index contributed by atoms with van der Waals surface area (Å²) < 4.78 is 65.1. The van der Waals surface area contributed by atoms with Crippen LogP contribution in [0.4, 0.5) is 8.78 Å². The average molecular weight is 627 g/mol. The van der Waals surface area contributed by atoms with Crippen molar-refractivity contribution < 1.29 is 41.4 Å². The summed E-state index contributed by atoms with van der Waals surface area (Å²) in [4.78, 5) is 24.0. The molecule has 2 aromatic rings. The van der Waals surface area contributed by atoms with E-state index in [9.17, 15) is 31.9 Å². The van der Waals surface area contributed by atoms with Crippen LogP contribution in [0.5, 0.6) is 11.5 Å². The van der Waals surface area contributed by atoms with Gasteiger partial charge in [-0.2, -0.15) is 4.31 Å². The highest BCUT2D eigenvalue weighted by molar-refractivity contribution is 7.89. The third kappa shape index (κ3) is 9.58. The van der Waals surface area contributed by atoms with Crippen LogP contribution in [0.1, 0.15) is 39.2 Å². The maximum Gasteiger partial charge on any atom is 0.586 e. The van der Waals surface area contributed by atoms with Crippen LogP contribution in [-0.2, 0) is 26.0 Å². The van der Waals surface area contributed by atoms with Crippen molar-refractivity contribution in [3.63, 3.8) is 0 Å². The molecule has 14 heteroatoms. The van der Waals surface area contributed by atoms with Crippen molar-refractivity contribution in [1.29, 1.82) is 0 Å². The Morgan fingerprint density at radius 2 is 1.70 bits per heavy atom. The second-order valence-corrected chi connectivity index (χ2v) is 13.0. The first-order valence-corrected chi connectivity index (χ1v) is 15.5. The summed E-state index contributed by atoms with van der Waals surface area (Å²) in [6, 6.07) is 11.9. The monoisotopic (exact) mass is 626 g/mol. The van der Waals surface area contributed by atoms with Gasteiger partial charge in [-0.1, -0.05) is 51.1 Å². The predicted molar refractivity (Wildman–Crippen MR) is 155 cm³/mol. The molecule has 0 aromatic heterocycles. The van der Waals surface area contributed by atoms with Gasteiger partial charge in [0.25, 0.3) is 0 Å². The fourth-order valence-electron chi connectivity index (χ4n) is 4.64. The Labute approximate surface area is 251 Å². The van der Waals surface area contributed by atoms with Gasteiger partial charge in [0.05, 0.1) is 11.4 Å². The molecule has 2 unspecified atom stereocenters. The van der Waals surface area contributed by atoms with Gasteiger partial charge in [0.2, 0.25) is 21.8 Å². The third-order valence-electron chi connectivity index (χ3n) is 6.65. The molecule has 1 aliphatic rings. The number of hydrogen-bond donors (Lipinski definition) is 4.